The predicted octanol–water partition coefficient (Wildman–Crippen LogP) is 2.27. The molecule has 1 amide bonds. The van der Waals surface area contributed by atoms with Crippen molar-refractivity contribution in [3.63, 3.8) is 0 Å². The van der Waals surface area contributed by atoms with Crippen LogP contribution in [0, 0.1) is 12.8 Å². The average Bonchev–Trinajstić information content (AvgIpc) is 3.43. The fourth-order valence-corrected chi connectivity index (χ4v) is 2.84. The highest BCUT2D eigenvalue weighted by atomic mass is 16.5. The van der Waals surface area contributed by atoms with Crippen LogP contribution < -0.4 is 10.9 Å². The maximum Gasteiger partial charge on any atom is 0.272 e. The third kappa shape index (κ3) is 4.25. The van der Waals surface area contributed by atoms with Crippen molar-refractivity contribution >= 4 is 16.9 Å². The maximum atomic E-state index is 12.3. The van der Waals surface area contributed by atoms with Crippen LogP contribution in [0.25, 0.3) is 11.0 Å². The fraction of sp³-hybridized carbons (Fsp3) is 0.526. The van der Waals surface area contributed by atoms with Gasteiger partial charge in [0.2, 0.25) is 0 Å². The Morgan fingerprint density at radius 3 is 2.92 bits per heavy atom. The van der Waals surface area contributed by atoms with Crippen LogP contribution in [0.5, 0.6) is 0 Å². The van der Waals surface area contributed by atoms with Gasteiger partial charge < -0.3 is 14.6 Å². The number of aryl methyl sites for hydroxylation is 2. The van der Waals surface area contributed by atoms with E-state index in [0.29, 0.717) is 36.5 Å². The Kier molecular flexibility index (Phi) is 5.48. The van der Waals surface area contributed by atoms with Gasteiger partial charge in [-0.25, -0.2) is 4.98 Å². The third-order valence-corrected chi connectivity index (χ3v) is 4.49. The molecule has 25 heavy (non-hydrogen) atoms. The van der Waals surface area contributed by atoms with E-state index in [1.807, 2.05) is 6.92 Å². The number of aromatic nitrogens is 2. The highest BCUT2D eigenvalue weighted by Gasteiger charge is 2.20. The van der Waals surface area contributed by atoms with Gasteiger partial charge in [0.15, 0.2) is 0 Å². The standard InChI is InChI=1S/C19H25N3O3/c1-3-22-17-8-7-15(11-16(17)21-13(2)19(22)24)18(23)20-9-4-10-25-12-14-5-6-14/h7-8,11,14H,3-6,9-10,12H2,1-2H3,(H,20,23). The Morgan fingerprint density at radius 2 is 2.20 bits per heavy atom. The van der Waals surface area contributed by atoms with Crippen LogP contribution >= 0.6 is 0 Å². The zero-order valence-corrected chi connectivity index (χ0v) is 14.9. The Balaban J connectivity index is 1.61. The molecule has 134 valence electrons. The molecule has 1 aromatic heterocycles. The summed E-state index contributed by atoms with van der Waals surface area (Å²) in [7, 11) is 0. The number of fused-ring (bicyclic) bond motifs is 1. The molecule has 1 aliphatic rings. The lowest BCUT2D eigenvalue weighted by molar-refractivity contribution is 0.0937. The molecule has 1 aromatic carbocycles. The molecule has 0 saturated heterocycles. The van der Waals surface area contributed by atoms with Crippen LogP contribution in [0.3, 0.4) is 0 Å². The fourth-order valence-electron chi connectivity index (χ4n) is 2.84. The molecule has 0 radical (unpaired) electrons. The van der Waals surface area contributed by atoms with Crippen molar-refractivity contribution in [2.45, 2.75) is 39.7 Å². The van der Waals surface area contributed by atoms with E-state index in [-0.39, 0.29) is 11.5 Å². The largest absolute Gasteiger partial charge is 0.381 e. The van der Waals surface area contributed by atoms with E-state index < -0.39 is 0 Å². The lowest BCUT2D eigenvalue weighted by Gasteiger charge is -2.10. The van der Waals surface area contributed by atoms with Crippen molar-refractivity contribution in [2.75, 3.05) is 19.8 Å². The summed E-state index contributed by atoms with van der Waals surface area (Å²) in [5, 5.41) is 2.91. The summed E-state index contributed by atoms with van der Waals surface area (Å²) in [6, 6.07) is 5.27. The molecule has 0 atom stereocenters. The molecular formula is C19H25N3O3. The van der Waals surface area contributed by atoms with E-state index in [0.717, 1.165) is 24.5 Å². The molecule has 6 nitrogen and oxygen atoms in total. The van der Waals surface area contributed by atoms with E-state index in [1.54, 1.807) is 29.7 Å². The molecule has 1 fully saturated rings. The van der Waals surface area contributed by atoms with Crippen LogP contribution in [0.15, 0.2) is 23.0 Å². The summed E-state index contributed by atoms with van der Waals surface area (Å²) in [6.07, 6.45) is 3.38. The first kappa shape index (κ1) is 17.6. The first-order valence-corrected chi connectivity index (χ1v) is 8.97. The van der Waals surface area contributed by atoms with Crippen molar-refractivity contribution in [3.8, 4) is 0 Å². The summed E-state index contributed by atoms with van der Waals surface area (Å²) in [5.74, 6) is 0.640. The molecular weight excluding hydrogens is 318 g/mol. The molecule has 0 spiro atoms. The van der Waals surface area contributed by atoms with Gasteiger partial charge in [-0.3, -0.25) is 9.59 Å². The third-order valence-electron chi connectivity index (χ3n) is 4.49. The van der Waals surface area contributed by atoms with E-state index >= 15 is 0 Å². The smallest absolute Gasteiger partial charge is 0.272 e. The summed E-state index contributed by atoms with van der Waals surface area (Å²) in [4.78, 5) is 28.7. The van der Waals surface area contributed by atoms with Gasteiger partial charge in [0.05, 0.1) is 11.0 Å². The lowest BCUT2D eigenvalue weighted by Crippen LogP contribution is -2.26. The maximum absolute atomic E-state index is 12.3. The SMILES string of the molecule is CCn1c(=O)c(C)nc2cc(C(=O)NCCCOCC3CC3)ccc21. The van der Waals surface area contributed by atoms with E-state index in [4.69, 9.17) is 4.74 Å². The van der Waals surface area contributed by atoms with Gasteiger partial charge in [-0.2, -0.15) is 0 Å². The summed E-state index contributed by atoms with van der Waals surface area (Å²) < 4.78 is 7.24. The second kappa shape index (κ2) is 7.78. The molecule has 1 N–H and O–H groups in total. The Bertz CT molecular complexity index is 825. The molecule has 3 rings (SSSR count). The minimum atomic E-state index is -0.127. The zero-order valence-electron chi connectivity index (χ0n) is 14.9. The number of rotatable bonds is 8. The van der Waals surface area contributed by atoms with Crippen LogP contribution in [0.2, 0.25) is 0 Å². The lowest BCUT2D eigenvalue weighted by atomic mass is 10.1. The van der Waals surface area contributed by atoms with Crippen LogP contribution in [-0.2, 0) is 11.3 Å². The molecule has 0 unspecified atom stereocenters. The molecule has 6 heteroatoms. The number of hydrogen-bond donors (Lipinski definition) is 1. The van der Waals surface area contributed by atoms with E-state index in [9.17, 15) is 9.59 Å². The van der Waals surface area contributed by atoms with Crippen molar-refractivity contribution < 1.29 is 9.53 Å². The van der Waals surface area contributed by atoms with Crippen molar-refractivity contribution in [1.82, 2.24) is 14.9 Å². The Labute approximate surface area is 147 Å². The summed E-state index contributed by atoms with van der Waals surface area (Å²) >= 11 is 0. The van der Waals surface area contributed by atoms with Gasteiger partial charge in [0, 0.05) is 31.9 Å². The molecule has 1 heterocycles. The highest BCUT2D eigenvalue weighted by molar-refractivity contribution is 5.97. The number of carbonyl (C=O) groups is 1. The zero-order chi connectivity index (χ0) is 17.8. The molecule has 1 aliphatic carbocycles. The normalized spacial score (nSPS) is 14.0. The Morgan fingerprint density at radius 1 is 1.40 bits per heavy atom. The number of nitrogens with zero attached hydrogens (tertiary/aromatic N) is 2. The van der Waals surface area contributed by atoms with E-state index in [2.05, 4.69) is 10.3 Å². The van der Waals surface area contributed by atoms with Crippen molar-refractivity contribution in [2.24, 2.45) is 5.92 Å². The molecule has 0 bridgehead atoms. The number of benzene rings is 1. The van der Waals surface area contributed by atoms with Gasteiger partial charge in [0.1, 0.15) is 5.69 Å². The van der Waals surface area contributed by atoms with Crippen LogP contribution in [0.4, 0.5) is 0 Å². The monoisotopic (exact) mass is 343 g/mol. The molecule has 0 aliphatic heterocycles. The first-order valence-electron chi connectivity index (χ1n) is 8.97. The van der Waals surface area contributed by atoms with Gasteiger partial charge in [-0.05, 0) is 57.2 Å². The quantitative estimate of drug-likeness (QED) is 0.746. The number of amides is 1. The minimum Gasteiger partial charge on any atom is -0.381 e. The van der Waals surface area contributed by atoms with Gasteiger partial charge in [-0.15, -0.1) is 0 Å². The summed E-state index contributed by atoms with van der Waals surface area (Å²) in [6.45, 7) is 6.31. The first-order chi connectivity index (χ1) is 12.1. The van der Waals surface area contributed by atoms with Crippen LogP contribution in [0.1, 0.15) is 42.2 Å². The Hall–Kier alpha value is -2.21. The van der Waals surface area contributed by atoms with Crippen LogP contribution in [-0.4, -0.2) is 35.2 Å². The highest BCUT2D eigenvalue weighted by Crippen LogP contribution is 2.28. The number of hydrogen-bond acceptors (Lipinski definition) is 4. The van der Waals surface area contributed by atoms with Gasteiger partial charge >= 0.3 is 0 Å². The van der Waals surface area contributed by atoms with Gasteiger partial charge in [0.25, 0.3) is 11.5 Å². The average molecular weight is 343 g/mol. The number of nitrogens with one attached hydrogen (secondary N) is 1. The minimum absolute atomic E-state index is 0.0848. The van der Waals surface area contributed by atoms with E-state index in [1.165, 1.54) is 12.8 Å². The van der Waals surface area contributed by atoms with Crippen molar-refractivity contribution in [3.05, 3.63) is 39.8 Å². The summed E-state index contributed by atoms with van der Waals surface area (Å²) in [5.41, 5.74) is 2.33. The number of carbonyl (C=O) groups excluding carboxylic acids is 1. The molecule has 2 aromatic rings. The number of ether oxygens (including phenoxy) is 1. The predicted molar refractivity (Wildman–Crippen MR) is 96.9 cm³/mol. The van der Waals surface area contributed by atoms with Gasteiger partial charge in [-0.1, -0.05) is 0 Å². The second-order valence-corrected chi connectivity index (χ2v) is 6.58. The van der Waals surface area contributed by atoms with Crippen molar-refractivity contribution in [1.29, 1.82) is 0 Å². The second-order valence-electron chi connectivity index (χ2n) is 6.58. The molecule has 1 saturated carbocycles. The topological polar surface area (TPSA) is 73.2 Å².